The Morgan fingerprint density at radius 3 is 1.75 bits per heavy atom. The average Bonchev–Trinajstić information content (AvgIpc) is 3.04. The number of hydrogen-bond donors (Lipinski definition) is 5. The molecule has 0 bridgehead atoms. The number of benzene rings is 2. The molecule has 0 saturated heterocycles. The largest absolute Gasteiger partial charge is 0.508 e. The molecule has 12 nitrogen and oxygen atoms in total. The van der Waals surface area contributed by atoms with Crippen LogP contribution in [0.25, 0.3) is 0 Å². The van der Waals surface area contributed by atoms with E-state index >= 15 is 0 Å². The summed E-state index contributed by atoms with van der Waals surface area (Å²) in [6.45, 7) is 11.9. The molecule has 0 fully saturated rings. The average molecular weight is 782 g/mol. The Labute approximate surface area is 305 Å². The molecule has 2 aliphatic heterocycles. The highest BCUT2D eigenvalue weighted by molar-refractivity contribution is 9.09. The third-order valence-electron chi connectivity index (χ3n) is 6.64. The minimum atomic E-state index is -0.619. The molecule has 0 atom stereocenters. The van der Waals surface area contributed by atoms with E-state index in [1.807, 2.05) is 0 Å². The number of hydrogen-bond acceptors (Lipinski definition) is 8. The fourth-order valence-corrected chi connectivity index (χ4v) is 4.64. The molecule has 0 saturated carbocycles. The summed E-state index contributed by atoms with van der Waals surface area (Å²) in [6.07, 6.45) is 1.24. The van der Waals surface area contributed by atoms with Crippen molar-refractivity contribution in [2.75, 3.05) is 38.1 Å². The number of nitrogens with one attached hydrogen (secondary N) is 4. The first kappa shape index (κ1) is 42.5. The first-order chi connectivity index (χ1) is 23.9. The van der Waals surface area contributed by atoms with Gasteiger partial charge in [0.1, 0.15) is 29.3 Å². The maximum atomic E-state index is 13.0. The molecule has 0 unspecified atom stereocenters. The van der Waals surface area contributed by atoms with Gasteiger partial charge in [0.05, 0.1) is 12.7 Å². The van der Waals surface area contributed by atoms with E-state index in [1.54, 1.807) is 71.9 Å². The number of aromatic hydroxyl groups is 1. The minimum Gasteiger partial charge on any atom is -0.508 e. The predicted molar refractivity (Wildman–Crippen MR) is 193 cm³/mol. The van der Waals surface area contributed by atoms with Crippen LogP contribution in [0.4, 0.5) is 18.4 Å². The maximum absolute atomic E-state index is 13.0. The Hall–Kier alpha value is -4.66. The van der Waals surface area contributed by atoms with Gasteiger partial charge in [0.25, 0.3) is 11.8 Å². The van der Waals surface area contributed by atoms with Crippen molar-refractivity contribution in [2.45, 2.75) is 65.6 Å². The van der Waals surface area contributed by atoms with Gasteiger partial charge < -0.3 is 40.6 Å². The molecule has 5 N–H and O–H groups in total. The minimum absolute atomic E-state index is 0.0151. The van der Waals surface area contributed by atoms with Crippen molar-refractivity contribution in [3.63, 3.8) is 0 Å². The van der Waals surface area contributed by atoms with E-state index in [0.29, 0.717) is 53.5 Å². The first-order valence-corrected chi connectivity index (χ1v) is 17.3. The monoisotopic (exact) mass is 780 g/mol. The first-order valence-electron chi connectivity index (χ1n) is 16.1. The van der Waals surface area contributed by atoms with Crippen LogP contribution in [-0.2, 0) is 22.3 Å². The van der Waals surface area contributed by atoms with E-state index in [9.17, 15) is 28.0 Å². The summed E-state index contributed by atoms with van der Waals surface area (Å²) in [4.78, 5) is 45.6. The lowest BCUT2D eigenvalue weighted by atomic mass is 10.0. The number of halogens is 3. The highest BCUT2D eigenvalue weighted by Gasteiger charge is 2.19. The predicted octanol–water partition coefficient (Wildman–Crippen LogP) is 6.17. The molecule has 2 heterocycles. The highest BCUT2D eigenvalue weighted by atomic mass is 79.9. The number of carbonyl (C=O) groups excluding carboxylic acids is 4. The molecular formula is C36H47BrF2N4O8. The fourth-order valence-electron chi connectivity index (χ4n) is 4.32. The number of rotatable bonds is 8. The third-order valence-corrected chi connectivity index (χ3v) is 7.36. The van der Waals surface area contributed by atoms with Crippen LogP contribution >= 0.6 is 15.9 Å². The van der Waals surface area contributed by atoms with E-state index in [-0.39, 0.29) is 42.8 Å². The molecule has 51 heavy (non-hydrogen) atoms. The Balaban J connectivity index is 0.000000292. The molecule has 4 amide bonds. The Kier molecular flexibility index (Phi) is 16.9. The van der Waals surface area contributed by atoms with Crippen LogP contribution in [0.15, 0.2) is 60.2 Å². The molecule has 0 aliphatic carbocycles. The van der Waals surface area contributed by atoms with Crippen molar-refractivity contribution >= 4 is 39.9 Å². The van der Waals surface area contributed by atoms with Gasteiger partial charge in [-0.1, -0.05) is 15.9 Å². The van der Waals surface area contributed by atoms with Crippen LogP contribution in [0.1, 0.15) is 73.4 Å². The number of phenols is 1. The van der Waals surface area contributed by atoms with Gasteiger partial charge >= 0.3 is 12.2 Å². The third kappa shape index (κ3) is 16.3. The summed E-state index contributed by atoms with van der Waals surface area (Å²) in [7, 11) is 0. The number of fused-ring (bicyclic) bond motifs is 2. The van der Waals surface area contributed by atoms with Gasteiger partial charge in [0.15, 0.2) is 0 Å². The quantitative estimate of drug-likeness (QED) is 0.199. The van der Waals surface area contributed by atoms with Crippen LogP contribution in [0.5, 0.6) is 11.5 Å². The second-order valence-electron chi connectivity index (χ2n) is 13.3. The van der Waals surface area contributed by atoms with Crippen LogP contribution < -0.4 is 26.0 Å². The van der Waals surface area contributed by atoms with Crippen molar-refractivity contribution in [3.05, 3.63) is 82.5 Å². The molecule has 2 aromatic rings. The van der Waals surface area contributed by atoms with Crippen LogP contribution in [0.3, 0.4) is 0 Å². The SMILES string of the molecule is CC(C)(C)OC(=O)NC/C(=C\F)CBr.CC(C)(C)OC(=O)NC/C(=C\F)COc1ccc2c(c1)CCNC2=O.O=C1NCCc2cc(O)ccc21. The fraction of sp³-hybridized carbons (Fsp3) is 0.444. The van der Waals surface area contributed by atoms with Crippen molar-refractivity contribution in [2.24, 2.45) is 0 Å². The molecule has 4 rings (SSSR count). The maximum Gasteiger partial charge on any atom is 0.407 e. The van der Waals surface area contributed by atoms with Crippen LogP contribution in [0.2, 0.25) is 0 Å². The van der Waals surface area contributed by atoms with Crippen molar-refractivity contribution in [1.82, 2.24) is 21.3 Å². The summed E-state index contributed by atoms with van der Waals surface area (Å²) in [5.41, 5.74) is 2.72. The summed E-state index contributed by atoms with van der Waals surface area (Å²) in [5, 5.41) is 20.0. The normalized spacial score (nSPS) is 14.1. The van der Waals surface area contributed by atoms with Gasteiger partial charge in [0.2, 0.25) is 0 Å². The number of phenolic OH excluding ortho intramolecular Hbond substituents is 1. The van der Waals surface area contributed by atoms with E-state index in [2.05, 4.69) is 37.2 Å². The zero-order valence-corrected chi connectivity index (χ0v) is 31.3. The summed E-state index contributed by atoms with van der Waals surface area (Å²) < 4.78 is 40.7. The number of alkyl halides is 1. The van der Waals surface area contributed by atoms with Gasteiger partial charge in [-0.2, -0.15) is 0 Å². The molecule has 0 spiro atoms. The van der Waals surface area contributed by atoms with Crippen molar-refractivity contribution in [1.29, 1.82) is 0 Å². The highest BCUT2D eigenvalue weighted by Crippen LogP contribution is 2.22. The molecule has 2 aliphatic rings. The number of carbonyl (C=O) groups is 4. The zero-order valence-electron chi connectivity index (χ0n) is 29.7. The lowest BCUT2D eigenvalue weighted by Gasteiger charge is -2.20. The van der Waals surface area contributed by atoms with E-state index < -0.39 is 23.4 Å². The van der Waals surface area contributed by atoms with Gasteiger partial charge in [0, 0.05) is 48.2 Å². The van der Waals surface area contributed by atoms with E-state index in [1.165, 1.54) is 6.07 Å². The molecule has 280 valence electrons. The van der Waals surface area contributed by atoms with Crippen molar-refractivity contribution in [3.8, 4) is 11.5 Å². The van der Waals surface area contributed by atoms with Gasteiger partial charge in [-0.25, -0.2) is 18.4 Å². The summed E-state index contributed by atoms with van der Waals surface area (Å²) in [6, 6.07) is 9.97. The molecule has 0 aromatic heterocycles. The van der Waals surface area contributed by atoms with Crippen molar-refractivity contribution < 1.29 is 47.3 Å². The Morgan fingerprint density at radius 1 is 0.804 bits per heavy atom. The second kappa shape index (κ2) is 20.3. The number of ether oxygens (including phenoxy) is 3. The molecular weight excluding hydrogens is 734 g/mol. The van der Waals surface area contributed by atoms with Crippen LogP contribution in [0, 0.1) is 0 Å². The summed E-state index contributed by atoms with van der Waals surface area (Å²) in [5.74, 6) is 0.628. The van der Waals surface area contributed by atoms with Gasteiger partial charge in [-0.3, -0.25) is 9.59 Å². The summed E-state index contributed by atoms with van der Waals surface area (Å²) >= 11 is 3.09. The standard InChI is InChI=1S/C18H23FN2O4.C9H15BrFNO2.C9H9NO2/c1-18(2,3)25-17(23)21-10-12(9-19)11-24-14-4-5-15-13(8-14)6-7-20-16(15)22;1-9(2,3)14-8(13)12-6-7(4-10)5-11;11-7-1-2-8-6(5-7)3-4-10-9(8)12/h4-5,8-9H,6-7,10-11H2,1-3H3,(H,20,22)(H,21,23);5H,4,6H2,1-3H3,(H,12,13);1-2,5,11H,3-4H2,(H,10,12)/b12-9+;7-5-;. The van der Waals surface area contributed by atoms with E-state index in [0.717, 1.165) is 24.0 Å². The second-order valence-corrected chi connectivity index (χ2v) is 13.9. The smallest absolute Gasteiger partial charge is 0.407 e. The van der Waals surface area contributed by atoms with E-state index in [4.69, 9.17) is 19.3 Å². The lowest BCUT2D eigenvalue weighted by Crippen LogP contribution is -2.34. The van der Waals surface area contributed by atoms with Crippen LogP contribution in [-0.4, -0.2) is 78.4 Å². The molecule has 2 aromatic carbocycles. The number of alkyl carbamates (subject to hydrolysis) is 2. The molecule has 15 heteroatoms. The molecule has 0 radical (unpaired) electrons. The zero-order chi connectivity index (χ0) is 38.2. The van der Waals surface area contributed by atoms with Gasteiger partial charge in [-0.15, -0.1) is 0 Å². The Morgan fingerprint density at radius 2 is 1.27 bits per heavy atom. The van der Waals surface area contributed by atoms with Gasteiger partial charge in [-0.05, 0) is 107 Å². The number of amides is 4. The topological polar surface area (TPSA) is 164 Å². The lowest BCUT2D eigenvalue weighted by molar-refractivity contribution is 0.0520. The Bertz CT molecular complexity index is 1590.